The van der Waals surface area contributed by atoms with Gasteiger partial charge < -0.3 is 9.64 Å². The first-order chi connectivity index (χ1) is 10.7. The summed E-state index contributed by atoms with van der Waals surface area (Å²) in [5.74, 6) is -0.461. The molecule has 0 radical (unpaired) electrons. The number of methoxy groups -OCH3 is 1. The lowest BCUT2D eigenvalue weighted by Gasteiger charge is -2.24. The maximum absolute atomic E-state index is 13.6. The molecule has 0 aliphatic heterocycles. The van der Waals surface area contributed by atoms with Gasteiger partial charge in [0, 0.05) is 25.3 Å². The molecular weight excluding hydrogens is 321 g/mol. The molecule has 1 atom stereocenters. The molecule has 23 heavy (non-hydrogen) atoms. The number of halogens is 1. The Hall–Kier alpha value is -1.63. The number of carbonyl (C=O) groups is 1. The van der Waals surface area contributed by atoms with Crippen LogP contribution in [-0.4, -0.2) is 50.9 Å². The first-order valence-electron chi connectivity index (χ1n) is 7.48. The Balaban J connectivity index is 2.60. The van der Waals surface area contributed by atoms with Crippen molar-refractivity contribution < 1.29 is 22.3 Å². The van der Waals surface area contributed by atoms with Crippen molar-refractivity contribution in [1.29, 1.82) is 0 Å². The Bertz CT molecular complexity index is 645. The number of nitrogens with zero attached hydrogens (tertiary/aromatic N) is 1. The number of aryl methyl sites for hydroxylation is 1. The third kappa shape index (κ3) is 5.82. The van der Waals surface area contributed by atoms with Gasteiger partial charge in [-0.05, 0) is 31.0 Å². The summed E-state index contributed by atoms with van der Waals surface area (Å²) in [5.41, 5.74) is 0.693. The van der Waals surface area contributed by atoms with E-state index in [2.05, 4.69) is 0 Å². The summed E-state index contributed by atoms with van der Waals surface area (Å²) >= 11 is 0. The molecular formula is C16H24FNO4S. The van der Waals surface area contributed by atoms with E-state index in [1.165, 1.54) is 24.1 Å². The molecule has 1 aromatic carbocycles. The smallest absolute Gasteiger partial charge is 0.222 e. The van der Waals surface area contributed by atoms with Crippen molar-refractivity contribution in [1.82, 2.24) is 4.90 Å². The fourth-order valence-corrected chi connectivity index (χ4v) is 3.33. The van der Waals surface area contributed by atoms with E-state index in [1.54, 1.807) is 27.0 Å². The highest BCUT2D eigenvalue weighted by Crippen LogP contribution is 2.18. The average molecular weight is 345 g/mol. The zero-order valence-electron chi connectivity index (χ0n) is 14.0. The van der Waals surface area contributed by atoms with Crippen LogP contribution in [0.15, 0.2) is 18.2 Å². The second kappa shape index (κ2) is 8.29. The van der Waals surface area contributed by atoms with E-state index in [0.717, 1.165) is 0 Å². The van der Waals surface area contributed by atoms with Crippen LogP contribution in [0.4, 0.5) is 4.39 Å². The zero-order valence-corrected chi connectivity index (χ0v) is 14.8. The van der Waals surface area contributed by atoms with Crippen LogP contribution in [0.3, 0.4) is 0 Å². The van der Waals surface area contributed by atoms with Crippen LogP contribution in [0.2, 0.25) is 0 Å². The Morgan fingerprint density at radius 1 is 1.39 bits per heavy atom. The molecule has 1 amide bonds. The topological polar surface area (TPSA) is 63.7 Å². The van der Waals surface area contributed by atoms with Gasteiger partial charge in [-0.2, -0.15) is 0 Å². The predicted molar refractivity (Wildman–Crippen MR) is 87.8 cm³/mol. The van der Waals surface area contributed by atoms with Crippen molar-refractivity contribution in [3.05, 3.63) is 29.6 Å². The molecule has 130 valence electrons. The molecule has 0 N–H and O–H groups in total. The fraction of sp³-hybridized carbons (Fsp3) is 0.562. The molecule has 1 aromatic rings. The lowest BCUT2D eigenvalue weighted by molar-refractivity contribution is -0.131. The predicted octanol–water partition coefficient (Wildman–Crippen LogP) is 2.05. The van der Waals surface area contributed by atoms with Crippen LogP contribution in [0.25, 0.3) is 0 Å². The van der Waals surface area contributed by atoms with Gasteiger partial charge in [0.2, 0.25) is 5.91 Å². The number of hydrogen-bond donors (Lipinski definition) is 0. The third-order valence-electron chi connectivity index (χ3n) is 3.83. The third-order valence-corrected chi connectivity index (χ3v) is 5.70. The molecule has 0 aliphatic carbocycles. The van der Waals surface area contributed by atoms with Crippen molar-refractivity contribution >= 4 is 15.7 Å². The van der Waals surface area contributed by atoms with Gasteiger partial charge in [-0.1, -0.05) is 13.0 Å². The average Bonchev–Trinajstić information content (AvgIpc) is 2.51. The van der Waals surface area contributed by atoms with E-state index in [-0.39, 0.29) is 35.6 Å². The van der Waals surface area contributed by atoms with Crippen LogP contribution in [0.5, 0.6) is 5.75 Å². The Labute approximate surface area is 137 Å². The zero-order chi connectivity index (χ0) is 17.6. The van der Waals surface area contributed by atoms with E-state index < -0.39 is 15.7 Å². The molecule has 0 aromatic heterocycles. The van der Waals surface area contributed by atoms with Crippen molar-refractivity contribution in [3.63, 3.8) is 0 Å². The van der Waals surface area contributed by atoms with Gasteiger partial charge in [0.15, 0.2) is 21.4 Å². The van der Waals surface area contributed by atoms with E-state index in [9.17, 15) is 17.6 Å². The van der Waals surface area contributed by atoms with Gasteiger partial charge in [0.25, 0.3) is 0 Å². The van der Waals surface area contributed by atoms with E-state index in [0.29, 0.717) is 12.0 Å². The van der Waals surface area contributed by atoms with Gasteiger partial charge in [0.1, 0.15) is 0 Å². The maximum Gasteiger partial charge on any atom is 0.222 e. The number of benzene rings is 1. The summed E-state index contributed by atoms with van der Waals surface area (Å²) < 4.78 is 41.7. The van der Waals surface area contributed by atoms with Gasteiger partial charge >= 0.3 is 0 Å². The SMILES string of the molecule is CCS(=O)(=O)C[C@@H](C)N(C)C(=O)CCc1ccc(OC)c(F)c1. The number of hydrogen-bond acceptors (Lipinski definition) is 4. The highest BCUT2D eigenvalue weighted by Gasteiger charge is 2.21. The summed E-state index contributed by atoms with van der Waals surface area (Å²) in [4.78, 5) is 13.6. The molecule has 0 unspecified atom stereocenters. The quantitative estimate of drug-likeness (QED) is 0.723. The lowest BCUT2D eigenvalue weighted by Crippen LogP contribution is -2.39. The van der Waals surface area contributed by atoms with Crippen LogP contribution < -0.4 is 4.74 Å². The Morgan fingerprint density at radius 2 is 2.04 bits per heavy atom. The van der Waals surface area contributed by atoms with E-state index in [4.69, 9.17) is 4.74 Å². The van der Waals surface area contributed by atoms with Gasteiger partial charge in [0.05, 0.1) is 12.9 Å². The number of rotatable bonds is 8. The Morgan fingerprint density at radius 3 is 2.57 bits per heavy atom. The number of amides is 1. The van der Waals surface area contributed by atoms with Crippen LogP contribution in [0, 0.1) is 5.82 Å². The fourth-order valence-electron chi connectivity index (χ4n) is 2.14. The number of ether oxygens (including phenoxy) is 1. The maximum atomic E-state index is 13.6. The molecule has 0 heterocycles. The van der Waals surface area contributed by atoms with Crippen molar-refractivity contribution in [3.8, 4) is 5.75 Å². The summed E-state index contributed by atoms with van der Waals surface area (Å²) in [6.07, 6.45) is 0.579. The summed E-state index contributed by atoms with van der Waals surface area (Å²) in [7, 11) is -0.154. The molecule has 0 aliphatic rings. The minimum Gasteiger partial charge on any atom is -0.494 e. The molecule has 1 rings (SSSR count). The minimum atomic E-state index is -3.14. The Kier molecular flexibility index (Phi) is 7.00. The number of carbonyl (C=O) groups excluding carboxylic acids is 1. The second-order valence-electron chi connectivity index (χ2n) is 5.52. The monoisotopic (exact) mass is 345 g/mol. The van der Waals surface area contributed by atoms with Gasteiger partial charge in [-0.25, -0.2) is 12.8 Å². The molecule has 0 fully saturated rings. The van der Waals surface area contributed by atoms with Crippen molar-refractivity contribution in [2.45, 2.75) is 32.7 Å². The second-order valence-corrected chi connectivity index (χ2v) is 7.92. The van der Waals surface area contributed by atoms with Gasteiger partial charge in [-0.15, -0.1) is 0 Å². The van der Waals surface area contributed by atoms with E-state index in [1.807, 2.05) is 0 Å². The van der Waals surface area contributed by atoms with Crippen molar-refractivity contribution in [2.75, 3.05) is 25.7 Å². The molecule has 5 nitrogen and oxygen atoms in total. The van der Waals surface area contributed by atoms with Gasteiger partial charge in [-0.3, -0.25) is 4.79 Å². The number of sulfone groups is 1. The molecule has 0 saturated heterocycles. The highest BCUT2D eigenvalue weighted by molar-refractivity contribution is 7.91. The molecule has 0 saturated carbocycles. The molecule has 0 bridgehead atoms. The standard InChI is InChI=1S/C16H24FNO4S/c1-5-23(20,21)11-12(2)18(3)16(19)9-7-13-6-8-15(22-4)14(17)10-13/h6,8,10,12H,5,7,9,11H2,1-4H3/t12-/m1/s1. The molecule has 7 heteroatoms. The normalized spacial score (nSPS) is 12.7. The summed E-state index contributed by atoms with van der Waals surface area (Å²) in [6.45, 7) is 3.29. The largest absolute Gasteiger partial charge is 0.494 e. The lowest BCUT2D eigenvalue weighted by atomic mass is 10.1. The molecule has 0 spiro atoms. The van der Waals surface area contributed by atoms with Crippen LogP contribution in [0.1, 0.15) is 25.8 Å². The van der Waals surface area contributed by atoms with Crippen LogP contribution >= 0.6 is 0 Å². The first kappa shape index (κ1) is 19.4. The minimum absolute atomic E-state index is 0.0527. The summed E-state index contributed by atoms with van der Waals surface area (Å²) in [6, 6.07) is 4.19. The van der Waals surface area contributed by atoms with Crippen LogP contribution in [-0.2, 0) is 21.1 Å². The summed E-state index contributed by atoms with van der Waals surface area (Å²) in [5, 5.41) is 0. The highest BCUT2D eigenvalue weighted by atomic mass is 32.2. The first-order valence-corrected chi connectivity index (χ1v) is 9.30. The van der Waals surface area contributed by atoms with E-state index >= 15 is 0 Å². The van der Waals surface area contributed by atoms with Crippen molar-refractivity contribution in [2.24, 2.45) is 0 Å².